The monoisotopic (exact) mass is 284 g/mol. The van der Waals surface area contributed by atoms with E-state index in [-0.39, 0.29) is 36.5 Å². The van der Waals surface area contributed by atoms with Crippen LogP contribution in [0, 0.1) is 0 Å². The second kappa shape index (κ2) is 5.32. The van der Waals surface area contributed by atoms with E-state index in [4.69, 9.17) is 0 Å². The number of carbonyl (C=O) groups is 4. The van der Waals surface area contributed by atoms with Crippen molar-refractivity contribution in [1.29, 1.82) is 0 Å². The van der Waals surface area contributed by atoms with Crippen LogP contribution in [-0.2, 0) is 19.2 Å². The summed E-state index contributed by atoms with van der Waals surface area (Å²) in [6, 6.07) is 0. The number of thioether (sulfide) groups is 1. The van der Waals surface area contributed by atoms with Crippen LogP contribution in [0.25, 0.3) is 0 Å². The van der Waals surface area contributed by atoms with Gasteiger partial charge in [-0.1, -0.05) is 0 Å². The van der Waals surface area contributed by atoms with Crippen LogP contribution in [0.4, 0.5) is 0 Å². The van der Waals surface area contributed by atoms with Gasteiger partial charge in [-0.2, -0.15) is 0 Å². The van der Waals surface area contributed by atoms with E-state index in [0.29, 0.717) is 13.1 Å². The minimum absolute atomic E-state index is 0.126. The molecule has 2 saturated heterocycles. The zero-order valence-corrected chi connectivity index (χ0v) is 11.7. The van der Waals surface area contributed by atoms with Crippen molar-refractivity contribution in [2.45, 2.75) is 37.2 Å². The molecule has 0 aromatic heterocycles. The number of imide groups is 2. The molecular formula is C12H16N2O4S. The quantitative estimate of drug-likeness (QED) is 0.680. The van der Waals surface area contributed by atoms with Crippen molar-refractivity contribution in [3.05, 3.63) is 0 Å². The first-order valence-corrected chi connectivity index (χ1v) is 7.27. The summed E-state index contributed by atoms with van der Waals surface area (Å²) in [4.78, 5) is 49.5. The van der Waals surface area contributed by atoms with Gasteiger partial charge in [-0.3, -0.25) is 29.0 Å². The predicted molar refractivity (Wildman–Crippen MR) is 69.2 cm³/mol. The zero-order valence-electron chi connectivity index (χ0n) is 10.9. The molecule has 7 heteroatoms. The molecule has 2 heterocycles. The molecule has 104 valence electrons. The maximum absolute atomic E-state index is 11.9. The van der Waals surface area contributed by atoms with Crippen molar-refractivity contribution in [1.82, 2.24) is 9.80 Å². The highest BCUT2D eigenvalue weighted by atomic mass is 32.2. The second-order valence-electron chi connectivity index (χ2n) is 4.47. The summed E-state index contributed by atoms with van der Waals surface area (Å²) < 4.78 is 0. The molecule has 0 unspecified atom stereocenters. The van der Waals surface area contributed by atoms with Gasteiger partial charge in [0.05, 0.1) is 10.5 Å². The molecule has 2 rings (SSSR count). The molecule has 0 aromatic carbocycles. The molecular weight excluding hydrogens is 268 g/mol. The Morgan fingerprint density at radius 2 is 1.26 bits per heavy atom. The number of likely N-dealkylation sites (tertiary alicyclic amines) is 2. The van der Waals surface area contributed by atoms with Crippen LogP contribution in [0.1, 0.15) is 26.7 Å². The van der Waals surface area contributed by atoms with E-state index in [1.54, 1.807) is 13.8 Å². The summed E-state index contributed by atoms with van der Waals surface area (Å²) in [5, 5.41) is -1.04. The fourth-order valence-electron chi connectivity index (χ4n) is 2.38. The van der Waals surface area contributed by atoms with Crippen molar-refractivity contribution in [3.63, 3.8) is 0 Å². The molecule has 0 spiro atoms. The summed E-state index contributed by atoms with van der Waals surface area (Å²) in [6.07, 6.45) is 0.253. The summed E-state index contributed by atoms with van der Waals surface area (Å²) in [5.41, 5.74) is 0. The summed E-state index contributed by atoms with van der Waals surface area (Å²) in [6.45, 7) is 4.19. The molecule has 0 radical (unpaired) electrons. The molecule has 2 aliphatic heterocycles. The van der Waals surface area contributed by atoms with E-state index >= 15 is 0 Å². The molecule has 2 fully saturated rings. The van der Waals surface area contributed by atoms with Gasteiger partial charge in [0.1, 0.15) is 0 Å². The highest BCUT2D eigenvalue weighted by Gasteiger charge is 2.44. The number of nitrogens with zero attached hydrogens (tertiary/aromatic N) is 2. The fourth-order valence-corrected chi connectivity index (χ4v) is 3.74. The molecule has 0 aliphatic carbocycles. The minimum Gasteiger partial charge on any atom is -0.282 e. The largest absolute Gasteiger partial charge is 0.282 e. The van der Waals surface area contributed by atoms with Gasteiger partial charge < -0.3 is 0 Å². The SMILES string of the molecule is CCN1C(=O)C[C@@H](S[C@@H]2CC(=O)N(CC)C2=O)C1=O. The van der Waals surface area contributed by atoms with Crippen molar-refractivity contribution in [2.24, 2.45) is 0 Å². The molecule has 0 bridgehead atoms. The smallest absolute Gasteiger partial charge is 0.242 e. The number of amides is 4. The topological polar surface area (TPSA) is 74.8 Å². The molecule has 6 nitrogen and oxygen atoms in total. The Labute approximate surface area is 115 Å². The molecule has 0 aromatic rings. The number of rotatable bonds is 4. The van der Waals surface area contributed by atoms with Crippen LogP contribution in [0.3, 0.4) is 0 Å². The first-order valence-electron chi connectivity index (χ1n) is 6.33. The van der Waals surface area contributed by atoms with E-state index < -0.39 is 10.5 Å². The second-order valence-corrected chi connectivity index (χ2v) is 5.88. The standard InChI is InChI=1S/C12H16N2O4S/c1-3-13-9(15)5-7(11(13)17)19-8-6-10(16)14(4-2)12(8)18/h7-8H,3-6H2,1-2H3/t7-,8-/m1/s1. The summed E-state index contributed by atoms with van der Waals surface area (Å²) >= 11 is 1.15. The fraction of sp³-hybridized carbons (Fsp3) is 0.667. The normalized spacial score (nSPS) is 27.9. The van der Waals surface area contributed by atoms with Gasteiger partial charge in [0.15, 0.2) is 0 Å². The number of hydrogen-bond acceptors (Lipinski definition) is 5. The van der Waals surface area contributed by atoms with Gasteiger partial charge in [0, 0.05) is 25.9 Å². The predicted octanol–water partition coefficient (Wildman–Crippen LogP) is 0.0144. The van der Waals surface area contributed by atoms with Gasteiger partial charge in [0.2, 0.25) is 23.6 Å². The summed E-state index contributed by atoms with van der Waals surface area (Å²) in [7, 11) is 0. The zero-order chi connectivity index (χ0) is 14.2. The lowest BCUT2D eigenvalue weighted by Crippen LogP contribution is -2.33. The first kappa shape index (κ1) is 14.0. The Kier molecular flexibility index (Phi) is 3.93. The van der Waals surface area contributed by atoms with E-state index in [0.717, 1.165) is 11.8 Å². The van der Waals surface area contributed by atoms with E-state index in [2.05, 4.69) is 0 Å². The van der Waals surface area contributed by atoms with Crippen LogP contribution >= 0.6 is 11.8 Å². The molecule has 2 atom stereocenters. The van der Waals surface area contributed by atoms with E-state index in [1.165, 1.54) is 9.80 Å². The van der Waals surface area contributed by atoms with Crippen LogP contribution in [0.15, 0.2) is 0 Å². The molecule has 0 saturated carbocycles. The van der Waals surface area contributed by atoms with E-state index in [9.17, 15) is 19.2 Å². The van der Waals surface area contributed by atoms with Crippen LogP contribution in [0.5, 0.6) is 0 Å². The maximum atomic E-state index is 11.9. The molecule has 19 heavy (non-hydrogen) atoms. The highest BCUT2D eigenvalue weighted by Crippen LogP contribution is 2.33. The first-order chi connectivity index (χ1) is 8.99. The highest BCUT2D eigenvalue weighted by molar-refractivity contribution is 8.02. The van der Waals surface area contributed by atoms with Crippen LogP contribution in [0.2, 0.25) is 0 Å². The Bertz CT molecular complexity index is 411. The third kappa shape index (κ3) is 2.39. The lowest BCUT2D eigenvalue weighted by Gasteiger charge is -2.14. The summed E-state index contributed by atoms with van der Waals surface area (Å²) in [5.74, 6) is -0.886. The molecule has 2 aliphatic rings. The lowest BCUT2D eigenvalue weighted by molar-refractivity contribution is -0.139. The number of hydrogen-bond donors (Lipinski definition) is 0. The van der Waals surface area contributed by atoms with Crippen molar-refractivity contribution in [2.75, 3.05) is 13.1 Å². The van der Waals surface area contributed by atoms with Gasteiger partial charge in [-0.15, -0.1) is 11.8 Å². The van der Waals surface area contributed by atoms with Gasteiger partial charge in [-0.25, -0.2) is 0 Å². The third-order valence-electron chi connectivity index (χ3n) is 3.37. The van der Waals surface area contributed by atoms with Crippen molar-refractivity contribution in [3.8, 4) is 0 Å². The Balaban J connectivity index is 2.04. The minimum atomic E-state index is -0.522. The molecule has 0 N–H and O–H groups in total. The Morgan fingerprint density at radius 1 is 0.895 bits per heavy atom. The maximum Gasteiger partial charge on any atom is 0.242 e. The van der Waals surface area contributed by atoms with Gasteiger partial charge in [-0.05, 0) is 13.8 Å². The lowest BCUT2D eigenvalue weighted by atomic mass is 10.3. The van der Waals surface area contributed by atoms with Crippen molar-refractivity contribution < 1.29 is 19.2 Å². The van der Waals surface area contributed by atoms with Crippen molar-refractivity contribution >= 4 is 35.4 Å². The average molecular weight is 284 g/mol. The molecule has 4 amide bonds. The van der Waals surface area contributed by atoms with Crippen LogP contribution < -0.4 is 0 Å². The van der Waals surface area contributed by atoms with Crippen LogP contribution in [-0.4, -0.2) is 57.0 Å². The third-order valence-corrected chi connectivity index (χ3v) is 4.76. The van der Waals surface area contributed by atoms with Gasteiger partial charge >= 0.3 is 0 Å². The van der Waals surface area contributed by atoms with Gasteiger partial charge in [0.25, 0.3) is 0 Å². The Morgan fingerprint density at radius 3 is 1.53 bits per heavy atom. The Hall–Kier alpha value is -1.37. The average Bonchev–Trinajstić information content (AvgIpc) is 2.78. The number of carbonyl (C=O) groups excluding carboxylic acids is 4. The van der Waals surface area contributed by atoms with E-state index in [1.807, 2.05) is 0 Å².